The van der Waals surface area contributed by atoms with Gasteiger partial charge in [0.05, 0.1) is 21.3 Å². The predicted octanol–water partition coefficient (Wildman–Crippen LogP) is 3.01. The van der Waals surface area contributed by atoms with E-state index in [1.807, 2.05) is 4.98 Å². The number of halogens is 3. The predicted molar refractivity (Wildman–Crippen MR) is 120 cm³/mol. The maximum atomic E-state index is 12.2. The van der Waals surface area contributed by atoms with E-state index < -0.39 is 22.6 Å². The van der Waals surface area contributed by atoms with Crippen molar-refractivity contribution in [2.45, 2.75) is 0 Å². The fourth-order valence-corrected chi connectivity index (χ4v) is 3.51. The van der Waals surface area contributed by atoms with Crippen LogP contribution < -0.4 is 27.3 Å². The number of hydrogen-bond donors (Lipinski definition) is 3. The van der Waals surface area contributed by atoms with Gasteiger partial charge in [0.2, 0.25) is 11.7 Å². The molecule has 0 radical (unpaired) electrons. The summed E-state index contributed by atoms with van der Waals surface area (Å²) in [7, 11) is 0. The molecule has 2 aromatic heterocycles. The molecule has 0 bridgehead atoms. The zero-order valence-electron chi connectivity index (χ0n) is 15.7. The van der Waals surface area contributed by atoms with Crippen molar-refractivity contribution in [3.05, 3.63) is 88.7 Å². The number of nitrogen functional groups attached to an aromatic ring is 1. The van der Waals surface area contributed by atoms with Crippen LogP contribution in [0.25, 0.3) is 16.8 Å². The van der Waals surface area contributed by atoms with Crippen LogP contribution in [-0.4, -0.2) is 25.0 Å². The van der Waals surface area contributed by atoms with E-state index in [-0.39, 0.29) is 32.9 Å². The fourth-order valence-electron chi connectivity index (χ4n) is 2.77. The van der Waals surface area contributed by atoms with Gasteiger partial charge in [-0.15, -0.1) is 10.2 Å². The second kappa shape index (κ2) is 8.50. The highest BCUT2D eigenvalue weighted by Gasteiger charge is 2.16. The molecule has 0 atom stereocenters. The molecule has 4 rings (SSSR count). The number of benzene rings is 2. The number of nitrogens with two attached hydrogens (primary N) is 1. The van der Waals surface area contributed by atoms with Crippen LogP contribution in [0.1, 0.15) is 0 Å². The molecule has 0 spiro atoms. The van der Waals surface area contributed by atoms with Crippen molar-refractivity contribution in [2.75, 3.05) is 5.73 Å². The van der Waals surface area contributed by atoms with E-state index in [1.165, 1.54) is 18.2 Å². The molecule has 0 amide bonds. The van der Waals surface area contributed by atoms with Gasteiger partial charge in [-0.1, -0.05) is 46.9 Å². The second-order valence-electron chi connectivity index (χ2n) is 6.36. The summed E-state index contributed by atoms with van der Waals surface area (Å²) >= 11 is 18.6. The van der Waals surface area contributed by atoms with Gasteiger partial charge in [-0.25, -0.2) is 9.89 Å². The third kappa shape index (κ3) is 4.24. The van der Waals surface area contributed by atoms with Crippen molar-refractivity contribution in [1.82, 2.24) is 25.0 Å². The molecule has 0 aliphatic heterocycles. The minimum atomic E-state index is -0.835. The smallest absolute Gasteiger partial charge is 0.349 e. The van der Waals surface area contributed by atoms with Gasteiger partial charge in [0.15, 0.2) is 5.75 Å². The number of nitrogens with one attached hydrogen (secondary N) is 2. The van der Waals surface area contributed by atoms with Gasteiger partial charge < -0.3 is 10.5 Å². The third-order valence-electron chi connectivity index (χ3n) is 4.20. The van der Waals surface area contributed by atoms with E-state index in [1.54, 1.807) is 24.3 Å². The number of ether oxygens (including phenoxy) is 1. The summed E-state index contributed by atoms with van der Waals surface area (Å²) in [6, 6.07) is 10.8. The zero-order valence-corrected chi connectivity index (χ0v) is 18.0. The molecule has 2 heterocycles. The van der Waals surface area contributed by atoms with Crippen molar-refractivity contribution in [1.29, 1.82) is 0 Å². The number of anilines is 1. The number of rotatable bonds is 4. The lowest BCUT2D eigenvalue weighted by atomic mass is 10.1. The number of aromatic nitrogens is 5. The molecule has 0 aliphatic rings. The van der Waals surface area contributed by atoms with E-state index in [9.17, 15) is 14.4 Å². The largest absolute Gasteiger partial charge is 0.434 e. The molecule has 4 N–H and O–H groups in total. The molecule has 0 aliphatic carbocycles. The van der Waals surface area contributed by atoms with Crippen molar-refractivity contribution >= 4 is 40.6 Å². The van der Waals surface area contributed by atoms with Gasteiger partial charge in [0.1, 0.15) is 0 Å². The quantitative estimate of drug-likeness (QED) is 0.395. The van der Waals surface area contributed by atoms with E-state index in [4.69, 9.17) is 45.3 Å². The van der Waals surface area contributed by atoms with Crippen LogP contribution in [0, 0.1) is 0 Å². The Hall–Kier alpha value is -3.60. The van der Waals surface area contributed by atoms with Gasteiger partial charge in [-0.05, 0) is 29.8 Å². The Morgan fingerprint density at radius 3 is 2.38 bits per heavy atom. The molecular weight excluding hydrogens is 483 g/mol. The number of aromatic amines is 2. The normalized spacial score (nSPS) is 10.8. The van der Waals surface area contributed by atoms with E-state index >= 15 is 0 Å². The van der Waals surface area contributed by atoms with E-state index in [0.717, 1.165) is 4.68 Å². The van der Waals surface area contributed by atoms with Gasteiger partial charge in [-0.3, -0.25) is 14.6 Å². The topological polar surface area (TPSA) is 149 Å². The first kappa shape index (κ1) is 21.6. The Morgan fingerprint density at radius 1 is 0.969 bits per heavy atom. The number of hydrogen-bond acceptors (Lipinski definition) is 7. The van der Waals surface area contributed by atoms with Crippen LogP contribution in [0.15, 0.2) is 56.8 Å². The summed E-state index contributed by atoms with van der Waals surface area (Å²) in [4.78, 5) is 37.7. The Morgan fingerprint density at radius 2 is 1.69 bits per heavy atom. The number of H-pyrrole nitrogens is 2. The van der Waals surface area contributed by atoms with Crippen LogP contribution in [0.5, 0.6) is 11.6 Å². The summed E-state index contributed by atoms with van der Waals surface area (Å²) in [6.07, 6.45) is 0. The second-order valence-corrected chi connectivity index (χ2v) is 7.61. The maximum absolute atomic E-state index is 12.2. The average Bonchev–Trinajstić information content (AvgIpc) is 2.74. The molecule has 13 heteroatoms. The highest BCUT2D eigenvalue weighted by atomic mass is 35.5. The average molecular weight is 494 g/mol. The molecule has 0 saturated carbocycles. The van der Waals surface area contributed by atoms with Crippen LogP contribution in [0.2, 0.25) is 15.1 Å². The monoisotopic (exact) mass is 492 g/mol. The molecule has 2 aromatic carbocycles. The van der Waals surface area contributed by atoms with Crippen molar-refractivity contribution < 1.29 is 4.74 Å². The molecular formula is C19H11Cl3N6O4. The van der Waals surface area contributed by atoms with Crippen molar-refractivity contribution in [2.24, 2.45) is 0 Å². The Kier molecular flexibility index (Phi) is 5.74. The zero-order chi connectivity index (χ0) is 23.0. The first-order valence-electron chi connectivity index (χ1n) is 8.75. The number of nitrogens with zero attached hydrogens (tertiary/aromatic N) is 3. The van der Waals surface area contributed by atoms with Gasteiger partial charge in [-0.2, -0.15) is 4.68 Å². The highest BCUT2D eigenvalue weighted by Crippen LogP contribution is 2.37. The lowest BCUT2D eigenvalue weighted by molar-refractivity contribution is 0.455. The summed E-state index contributed by atoms with van der Waals surface area (Å²) in [5.74, 6) is -0.401. The van der Waals surface area contributed by atoms with Gasteiger partial charge in [0, 0.05) is 11.1 Å². The summed E-state index contributed by atoms with van der Waals surface area (Å²) < 4.78 is 6.51. The fraction of sp³-hybridized carbons (Fsp3) is 0. The minimum absolute atomic E-state index is 0.000275. The maximum Gasteiger partial charge on any atom is 0.349 e. The molecule has 10 nitrogen and oxygen atoms in total. The van der Waals surface area contributed by atoms with Crippen molar-refractivity contribution in [3.63, 3.8) is 0 Å². The molecule has 0 fully saturated rings. The molecule has 162 valence electrons. The standard InChI is InChI=1S/C19H11Cl3N6O4/c20-9-3-1-2-8(4-9)11-7-14(25-26-17(11)29)32-15-12(21)5-10(6-13(15)22)28-19(31)24-18(30)16(23)27-28/h1-7H,(H2,23,27)(H,26,29)(H,24,30,31). The molecule has 32 heavy (non-hydrogen) atoms. The first-order chi connectivity index (χ1) is 15.2. The lowest BCUT2D eigenvalue weighted by Crippen LogP contribution is -2.33. The third-order valence-corrected chi connectivity index (χ3v) is 5.00. The van der Waals surface area contributed by atoms with Gasteiger partial charge in [0.25, 0.3) is 11.1 Å². The Labute approximate surface area is 193 Å². The van der Waals surface area contributed by atoms with Crippen LogP contribution in [0.3, 0.4) is 0 Å². The van der Waals surface area contributed by atoms with Crippen LogP contribution in [-0.2, 0) is 0 Å². The SMILES string of the molecule is Nc1nn(-c2cc(Cl)c(Oc3cc(-c4cccc(Cl)c4)c(=O)[nH]n3)c(Cl)c2)c(=O)[nH]c1=O. The van der Waals surface area contributed by atoms with Crippen molar-refractivity contribution in [3.8, 4) is 28.4 Å². The first-order valence-corrected chi connectivity index (χ1v) is 9.88. The summed E-state index contributed by atoms with van der Waals surface area (Å²) in [5.41, 5.74) is 4.32. The van der Waals surface area contributed by atoms with E-state index in [2.05, 4.69) is 15.3 Å². The van der Waals surface area contributed by atoms with Gasteiger partial charge >= 0.3 is 5.69 Å². The van der Waals surface area contributed by atoms with Crippen LogP contribution >= 0.6 is 34.8 Å². The summed E-state index contributed by atoms with van der Waals surface area (Å²) in [5, 5.41) is 10.4. The highest BCUT2D eigenvalue weighted by molar-refractivity contribution is 6.37. The lowest BCUT2D eigenvalue weighted by Gasteiger charge is -2.12. The minimum Gasteiger partial charge on any atom is -0.434 e. The molecule has 0 unspecified atom stereocenters. The van der Waals surface area contributed by atoms with Crippen LogP contribution in [0.4, 0.5) is 5.82 Å². The summed E-state index contributed by atoms with van der Waals surface area (Å²) in [6.45, 7) is 0. The molecule has 4 aromatic rings. The van der Waals surface area contributed by atoms with E-state index in [0.29, 0.717) is 10.6 Å². The molecule has 0 saturated heterocycles. The Bertz CT molecular complexity index is 1510. The Balaban J connectivity index is 1.73.